The molecule has 0 aromatic carbocycles. The summed E-state index contributed by atoms with van der Waals surface area (Å²) in [7, 11) is 0. The predicted octanol–water partition coefficient (Wildman–Crippen LogP) is 0.504. The van der Waals surface area contributed by atoms with Crippen molar-refractivity contribution in [3.8, 4) is 0 Å². The molecule has 2 heterocycles. The predicted molar refractivity (Wildman–Crippen MR) is 73.6 cm³/mol. The van der Waals surface area contributed by atoms with Crippen LogP contribution in [0, 0.1) is 0 Å². The van der Waals surface area contributed by atoms with E-state index in [9.17, 15) is 9.59 Å². The van der Waals surface area contributed by atoms with E-state index in [0.717, 1.165) is 12.2 Å². The van der Waals surface area contributed by atoms with Gasteiger partial charge in [0.1, 0.15) is 5.69 Å². The zero-order chi connectivity index (χ0) is 15.2. The summed E-state index contributed by atoms with van der Waals surface area (Å²) in [5, 5.41) is 19.6. The van der Waals surface area contributed by atoms with Gasteiger partial charge in [-0.1, -0.05) is 0 Å². The molecular formula is C13H17N5O3. The number of amides is 1. The van der Waals surface area contributed by atoms with E-state index in [-0.39, 0.29) is 18.9 Å². The van der Waals surface area contributed by atoms with Gasteiger partial charge in [0.25, 0.3) is 5.91 Å². The minimum absolute atomic E-state index is 0.0805. The molecule has 21 heavy (non-hydrogen) atoms. The second kappa shape index (κ2) is 6.69. The van der Waals surface area contributed by atoms with Gasteiger partial charge in [-0.15, -0.1) is 0 Å². The van der Waals surface area contributed by atoms with Crippen LogP contribution in [0.3, 0.4) is 0 Å². The summed E-state index contributed by atoms with van der Waals surface area (Å²) in [6.45, 7) is 3.23. The topological polar surface area (TPSA) is 102 Å². The Balaban J connectivity index is 1.94. The summed E-state index contributed by atoms with van der Waals surface area (Å²) in [5.74, 6) is -1.23. The van der Waals surface area contributed by atoms with Crippen LogP contribution in [0.5, 0.6) is 0 Å². The van der Waals surface area contributed by atoms with Crippen LogP contribution in [0.1, 0.15) is 29.5 Å². The molecule has 0 spiro atoms. The summed E-state index contributed by atoms with van der Waals surface area (Å²) < 4.78 is 3.16. The van der Waals surface area contributed by atoms with Gasteiger partial charge in [-0.3, -0.25) is 19.0 Å². The maximum atomic E-state index is 12.1. The monoisotopic (exact) mass is 291 g/mol. The number of aryl methyl sites for hydroxylation is 2. The Morgan fingerprint density at radius 1 is 1.38 bits per heavy atom. The van der Waals surface area contributed by atoms with Crippen molar-refractivity contribution < 1.29 is 14.7 Å². The largest absolute Gasteiger partial charge is 0.481 e. The number of carbonyl (C=O) groups excluding carboxylic acids is 1. The van der Waals surface area contributed by atoms with Crippen LogP contribution < -0.4 is 5.32 Å². The number of rotatable bonds is 7. The molecule has 0 fully saturated rings. The van der Waals surface area contributed by atoms with Gasteiger partial charge in [-0.2, -0.15) is 10.2 Å². The van der Waals surface area contributed by atoms with E-state index in [4.69, 9.17) is 5.11 Å². The number of nitrogens with one attached hydrogen (secondary N) is 1. The zero-order valence-corrected chi connectivity index (χ0v) is 11.7. The highest BCUT2D eigenvalue weighted by atomic mass is 16.4. The molecule has 2 N–H and O–H groups in total. The highest BCUT2D eigenvalue weighted by Crippen LogP contribution is 2.02. The van der Waals surface area contributed by atoms with E-state index in [1.807, 2.05) is 19.2 Å². The lowest BCUT2D eigenvalue weighted by Gasteiger charge is -2.06. The number of nitrogens with zero attached hydrogens (tertiary/aromatic N) is 4. The Labute approximate surface area is 121 Å². The van der Waals surface area contributed by atoms with Crippen molar-refractivity contribution in [2.24, 2.45) is 0 Å². The molecule has 2 aromatic rings. The van der Waals surface area contributed by atoms with Gasteiger partial charge in [-0.05, 0) is 19.1 Å². The highest BCUT2D eigenvalue weighted by Gasteiger charge is 2.13. The maximum Gasteiger partial charge on any atom is 0.305 e. The maximum absolute atomic E-state index is 12.1. The number of aromatic nitrogens is 4. The molecule has 8 nitrogen and oxygen atoms in total. The average molecular weight is 291 g/mol. The first-order valence-corrected chi connectivity index (χ1v) is 6.64. The molecule has 112 valence electrons. The number of carboxylic acid groups (broad SMARTS) is 1. The molecule has 2 aromatic heterocycles. The summed E-state index contributed by atoms with van der Waals surface area (Å²) >= 11 is 0. The van der Waals surface area contributed by atoms with E-state index in [1.165, 1.54) is 10.9 Å². The van der Waals surface area contributed by atoms with Crippen molar-refractivity contribution >= 4 is 11.9 Å². The van der Waals surface area contributed by atoms with Gasteiger partial charge in [0.2, 0.25) is 0 Å². The van der Waals surface area contributed by atoms with Crippen molar-refractivity contribution in [1.29, 1.82) is 0 Å². The van der Waals surface area contributed by atoms with Crippen molar-refractivity contribution in [3.05, 3.63) is 35.9 Å². The molecule has 0 atom stereocenters. The molecule has 0 aliphatic carbocycles. The molecule has 0 aliphatic heterocycles. The van der Waals surface area contributed by atoms with Gasteiger partial charge in [0.15, 0.2) is 0 Å². The molecule has 0 saturated carbocycles. The molecule has 0 saturated heterocycles. The lowest BCUT2D eigenvalue weighted by atomic mass is 10.3. The number of carboxylic acids is 1. The first-order chi connectivity index (χ1) is 10.1. The number of hydrogen-bond donors (Lipinski definition) is 2. The van der Waals surface area contributed by atoms with Gasteiger partial charge in [-0.25, -0.2) is 0 Å². The third-order valence-corrected chi connectivity index (χ3v) is 2.94. The minimum Gasteiger partial charge on any atom is -0.481 e. The summed E-state index contributed by atoms with van der Waals surface area (Å²) in [5.41, 5.74) is 1.10. The Hall–Kier alpha value is -2.64. The second-order valence-corrected chi connectivity index (χ2v) is 4.43. The van der Waals surface area contributed by atoms with Crippen molar-refractivity contribution in [2.45, 2.75) is 33.0 Å². The van der Waals surface area contributed by atoms with Crippen molar-refractivity contribution in [3.63, 3.8) is 0 Å². The summed E-state index contributed by atoms with van der Waals surface area (Å²) in [6, 6.07) is 3.40. The standard InChI is InChI=1S/C13H17N5O3/c1-2-17-7-4-10(16-17)9-14-13(21)11-3-6-15-18(11)8-5-12(19)20/h3-4,6-7H,2,5,8-9H2,1H3,(H,14,21)(H,19,20). The fraction of sp³-hybridized carbons (Fsp3) is 0.385. The van der Waals surface area contributed by atoms with Gasteiger partial charge < -0.3 is 10.4 Å². The first kappa shape index (κ1) is 14.8. The molecule has 2 rings (SSSR count). The Morgan fingerprint density at radius 2 is 2.19 bits per heavy atom. The number of carbonyl (C=O) groups is 2. The van der Waals surface area contributed by atoms with Gasteiger partial charge in [0.05, 0.1) is 25.2 Å². The van der Waals surface area contributed by atoms with Crippen LogP contribution in [0.15, 0.2) is 24.5 Å². The van der Waals surface area contributed by atoms with Crippen LogP contribution in [0.4, 0.5) is 0 Å². The van der Waals surface area contributed by atoms with Crippen molar-refractivity contribution in [1.82, 2.24) is 24.9 Å². The second-order valence-electron chi connectivity index (χ2n) is 4.43. The van der Waals surface area contributed by atoms with Crippen LogP contribution >= 0.6 is 0 Å². The Morgan fingerprint density at radius 3 is 2.86 bits per heavy atom. The first-order valence-electron chi connectivity index (χ1n) is 6.64. The molecule has 0 unspecified atom stereocenters. The highest BCUT2D eigenvalue weighted by molar-refractivity contribution is 5.92. The SMILES string of the molecule is CCn1ccc(CNC(=O)c2ccnn2CCC(=O)O)n1. The summed E-state index contributed by atoms with van der Waals surface area (Å²) in [6.07, 6.45) is 3.24. The van der Waals surface area contributed by atoms with Crippen molar-refractivity contribution in [2.75, 3.05) is 0 Å². The zero-order valence-electron chi connectivity index (χ0n) is 11.7. The lowest BCUT2D eigenvalue weighted by Crippen LogP contribution is -2.26. The van der Waals surface area contributed by atoms with Crippen LogP contribution in [0.2, 0.25) is 0 Å². The van der Waals surface area contributed by atoms with Gasteiger partial charge in [0, 0.05) is 18.9 Å². The van der Waals surface area contributed by atoms with E-state index in [2.05, 4.69) is 15.5 Å². The van der Waals surface area contributed by atoms with E-state index < -0.39 is 5.97 Å². The molecule has 0 radical (unpaired) electrons. The molecular weight excluding hydrogens is 274 g/mol. The van der Waals surface area contributed by atoms with E-state index in [0.29, 0.717) is 12.2 Å². The Bertz CT molecular complexity index is 631. The van der Waals surface area contributed by atoms with E-state index in [1.54, 1.807) is 10.7 Å². The molecule has 0 aliphatic rings. The molecule has 0 bridgehead atoms. The number of aliphatic carboxylic acids is 1. The summed E-state index contributed by atoms with van der Waals surface area (Å²) in [4.78, 5) is 22.6. The Kier molecular flexibility index (Phi) is 4.70. The van der Waals surface area contributed by atoms with Gasteiger partial charge >= 0.3 is 5.97 Å². The molecule has 8 heteroatoms. The van der Waals surface area contributed by atoms with Crippen LogP contribution in [0.25, 0.3) is 0 Å². The third-order valence-electron chi connectivity index (χ3n) is 2.94. The third kappa shape index (κ3) is 3.91. The van der Waals surface area contributed by atoms with Crippen LogP contribution in [-0.4, -0.2) is 36.5 Å². The fourth-order valence-corrected chi connectivity index (χ4v) is 1.84. The number of hydrogen-bond acceptors (Lipinski definition) is 4. The lowest BCUT2D eigenvalue weighted by molar-refractivity contribution is -0.137. The average Bonchev–Trinajstić information content (AvgIpc) is 3.11. The van der Waals surface area contributed by atoms with Crippen LogP contribution in [-0.2, 0) is 24.4 Å². The molecule has 1 amide bonds. The smallest absolute Gasteiger partial charge is 0.305 e. The van der Waals surface area contributed by atoms with E-state index >= 15 is 0 Å². The minimum atomic E-state index is -0.929. The quantitative estimate of drug-likeness (QED) is 0.773. The normalized spacial score (nSPS) is 10.5. The fourth-order valence-electron chi connectivity index (χ4n) is 1.84.